The Hall–Kier alpha value is -2.31. The third-order valence-electron chi connectivity index (χ3n) is 3.95. The molecule has 1 atom stereocenters. The lowest BCUT2D eigenvalue weighted by atomic mass is 10.1. The number of carbonyl (C=O) groups excluding carboxylic acids is 1. The van der Waals surface area contributed by atoms with Gasteiger partial charge < -0.3 is 9.88 Å². The summed E-state index contributed by atoms with van der Waals surface area (Å²) in [5.74, 6) is 1.00. The van der Waals surface area contributed by atoms with Crippen molar-refractivity contribution in [1.82, 2.24) is 20.1 Å². The molecule has 0 aliphatic carbocycles. The lowest BCUT2D eigenvalue weighted by molar-refractivity contribution is -0.119. The summed E-state index contributed by atoms with van der Waals surface area (Å²) >= 11 is 7.26. The average molecular weight is 387 g/mol. The Morgan fingerprint density at radius 2 is 1.85 bits per heavy atom. The Labute approximate surface area is 161 Å². The summed E-state index contributed by atoms with van der Waals surface area (Å²) < 4.78 is 1.90. The molecular weight excluding hydrogens is 368 g/mol. The van der Waals surface area contributed by atoms with E-state index in [1.165, 1.54) is 11.8 Å². The fraction of sp³-hybridized carbons (Fsp3) is 0.211. The summed E-state index contributed by atoms with van der Waals surface area (Å²) in [5.41, 5.74) is 2.01. The summed E-state index contributed by atoms with van der Waals surface area (Å²) in [4.78, 5) is 12.2. The van der Waals surface area contributed by atoms with E-state index in [1.54, 1.807) is 0 Å². The zero-order valence-corrected chi connectivity index (χ0v) is 16.1. The molecule has 0 bridgehead atoms. The third-order valence-corrected chi connectivity index (χ3v) is 5.22. The number of hydrogen-bond acceptors (Lipinski definition) is 4. The standard InChI is InChI=1S/C19H19ClN4OS/c1-13(14-8-10-16(20)11-9-14)21-17(25)12-26-19-23-22-18(24(19)2)15-6-4-3-5-7-15/h3-11,13H,12H2,1-2H3,(H,21,25). The van der Waals surface area contributed by atoms with Gasteiger partial charge in [0.2, 0.25) is 5.91 Å². The lowest BCUT2D eigenvalue weighted by Gasteiger charge is -2.14. The van der Waals surface area contributed by atoms with Crippen LogP contribution in [-0.4, -0.2) is 26.4 Å². The highest BCUT2D eigenvalue weighted by atomic mass is 35.5. The van der Waals surface area contributed by atoms with Gasteiger partial charge in [-0.2, -0.15) is 0 Å². The first kappa shape index (κ1) is 18.5. The molecular formula is C19H19ClN4OS. The van der Waals surface area contributed by atoms with Crippen LogP contribution in [0.25, 0.3) is 11.4 Å². The van der Waals surface area contributed by atoms with Crippen LogP contribution in [0.1, 0.15) is 18.5 Å². The van der Waals surface area contributed by atoms with Crippen molar-refractivity contribution < 1.29 is 4.79 Å². The van der Waals surface area contributed by atoms with Crippen molar-refractivity contribution in [3.05, 3.63) is 65.2 Å². The van der Waals surface area contributed by atoms with Gasteiger partial charge in [-0.3, -0.25) is 4.79 Å². The predicted molar refractivity (Wildman–Crippen MR) is 105 cm³/mol. The van der Waals surface area contributed by atoms with Gasteiger partial charge in [0.25, 0.3) is 0 Å². The van der Waals surface area contributed by atoms with Crippen LogP contribution >= 0.6 is 23.4 Å². The quantitative estimate of drug-likeness (QED) is 0.648. The zero-order chi connectivity index (χ0) is 18.5. The van der Waals surface area contributed by atoms with Crippen molar-refractivity contribution >= 4 is 29.3 Å². The Bertz CT molecular complexity index is 880. The maximum atomic E-state index is 12.2. The third kappa shape index (κ3) is 4.45. The largest absolute Gasteiger partial charge is 0.349 e. The molecule has 0 aliphatic rings. The minimum Gasteiger partial charge on any atom is -0.349 e. The van der Waals surface area contributed by atoms with E-state index in [2.05, 4.69) is 15.5 Å². The molecule has 3 rings (SSSR count). The van der Waals surface area contributed by atoms with Crippen LogP contribution < -0.4 is 5.32 Å². The number of nitrogens with one attached hydrogen (secondary N) is 1. The summed E-state index contributed by atoms with van der Waals surface area (Å²) in [6.45, 7) is 1.95. The van der Waals surface area contributed by atoms with E-state index in [9.17, 15) is 4.79 Å². The molecule has 5 nitrogen and oxygen atoms in total. The maximum absolute atomic E-state index is 12.2. The molecule has 26 heavy (non-hydrogen) atoms. The molecule has 0 fully saturated rings. The second-order valence-corrected chi connectivity index (χ2v) is 7.24. The van der Waals surface area contributed by atoms with Gasteiger partial charge >= 0.3 is 0 Å². The Kier molecular flexibility index (Phi) is 5.96. The van der Waals surface area contributed by atoms with Crippen LogP contribution in [0.5, 0.6) is 0 Å². The average Bonchev–Trinajstić information content (AvgIpc) is 3.02. The number of hydrogen-bond donors (Lipinski definition) is 1. The molecule has 1 heterocycles. The minimum atomic E-state index is -0.0836. The number of rotatable bonds is 6. The highest BCUT2D eigenvalue weighted by Gasteiger charge is 2.14. The van der Waals surface area contributed by atoms with Crippen molar-refractivity contribution in [2.24, 2.45) is 7.05 Å². The van der Waals surface area contributed by atoms with Gasteiger partial charge in [0, 0.05) is 17.6 Å². The van der Waals surface area contributed by atoms with E-state index in [0.717, 1.165) is 17.0 Å². The van der Waals surface area contributed by atoms with Crippen LogP contribution in [0.15, 0.2) is 59.8 Å². The van der Waals surface area contributed by atoms with Gasteiger partial charge in [-0.05, 0) is 24.6 Å². The van der Waals surface area contributed by atoms with Gasteiger partial charge in [-0.1, -0.05) is 65.8 Å². The molecule has 1 amide bonds. The SMILES string of the molecule is CC(NC(=O)CSc1nnc(-c2ccccc2)n1C)c1ccc(Cl)cc1. The highest BCUT2D eigenvalue weighted by molar-refractivity contribution is 7.99. The molecule has 0 radical (unpaired) electrons. The summed E-state index contributed by atoms with van der Waals surface area (Å²) in [5, 5.41) is 12.8. The molecule has 3 aromatic rings. The van der Waals surface area contributed by atoms with Crippen molar-refractivity contribution in [3.8, 4) is 11.4 Å². The number of aromatic nitrogens is 3. The molecule has 0 spiro atoms. The van der Waals surface area contributed by atoms with Crippen LogP contribution in [0.4, 0.5) is 0 Å². The Balaban J connectivity index is 1.58. The fourth-order valence-corrected chi connectivity index (χ4v) is 3.38. The molecule has 2 aromatic carbocycles. The highest BCUT2D eigenvalue weighted by Crippen LogP contribution is 2.22. The van der Waals surface area contributed by atoms with E-state index >= 15 is 0 Å². The normalized spacial score (nSPS) is 12.0. The van der Waals surface area contributed by atoms with Gasteiger partial charge in [-0.15, -0.1) is 10.2 Å². The number of thioether (sulfide) groups is 1. The number of halogens is 1. The number of benzene rings is 2. The predicted octanol–water partition coefficient (Wildman–Crippen LogP) is 4.11. The Morgan fingerprint density at radius 1 is 1.15 bits per heavy atom. The van der Waals surface area contributed by atoms with Gasteiger partial charge in [0.1, 0.15) is 0 Å². The van der Waals surface area contributed by atoms with E-state index in [-0.39, 0.29) is 17.7 Å². The van der Waals surface area contributed by atoms with Crippen LogP contribution in [0.2, 0.25) is 5.02 Å². The van der Waals surface area contributed by atoms with Crippen LogP contribution in [0.3, 0.4) is 0 Å². The molecule has 7 heteroatoms. The van der Waals surface area contributed by atoms with Gasteiger partial charge in [0.05, 0.1) is 11.8 Å². The van der Waals surface area contributed by atoms with Crippen molar-refractivity contribution in [1.29, 1.82) is 0 Å². The summed E-state index contributed by atoms with van der Waals surface area (Å²) in [6, 6.07) is 17.2. The topological polar surface area (TPSA) is 59.8 Å². The smallest absolute Gasteiger partial charge is 0.230 e. The molecule has 0 saturated heterocycles. The molecule has 134 valence electrons. The van der Waals surface area contributed by atoms with Gasteiger partial charge in [0.15, 0.2) is 11.0 Å². The second kappa shape index (κ2) is 8.38. The molecule has 1 unspecified atom stereocenters. The second-order valence-electron chi connectivity index (χ2n) is 5.86. The van der Waals surface area contributed by atoms with Crippen molar-refractivity contribution in [3.63, 3.8) is 0 Å². The zero-order valence-electron chi connectivity index (χ0n) is 14.5. The maximum Gasteiger partial charge on any atom is 0.230 e. The summed E-state index contributed by atoms with van der Waals surface area (Å²) in [7, 11) is 1.90. The van der Waals surface area contributed by atoms with Crippen molar-refractivity contribution in [2.75, 3.05) is 5.75 Å². The molecule has 0 saturated carbocycles. The van der Waals surface area contributed by atoms with Crippen LogP contribution in [0, 0.1) is 0 Å². The first-order chi connectivity index (χ1) is 12.5. The minimum absolute atomic E-state index is 0.0540. The molecule has 0 aliphatic heterocycles. The molecule has 1 N–H and O–H groups in total. The first-order valence-corrected chi connectivity index (χ1v) is 9.53. The number of nitrogens with zero attached hydrogens (tertiary/aromatic N) is 3. The van der Waals surface area contributed by atoms with E-state index in [0.29, 0.717) is 10.2 Å². The summed E-state index contributed by atoms with van der Waals surface area (Å²) in [6.07, 6.45) is 0. The fourth-order valence-electron chi connectivity index (χ4n) is 2.53. The van der Waals surface area contributed by atoms with E-state index < -0.39 is 0 Å². The number of carbonyl (C=O) groups is 1. The van der Waals surface area contributed by atoms with Gasteiger partial charge in [-0.25, -0.2) is 0 Å². The Morgan fingerprint density at radius 3 is 2.54 bits per heavy atom. The number of amides is 1. The molecule has 1 aromatic heterocycles. The first-order valence-electron chi connectivity index (χ1n) is 8.17. The lowest BCUT2D eigenvalue weighted by Crippen LogP contribution is -2.28. The van der Waals surface area contributed by atoms with E-state index in [1.807, 2.05) is 73.1 Å². The van der Waals surface area contributed by atoms with Crippen molar-refractivity contribution in [2.45, 2.75) is 18.1 Å². The van der Waals surface area contributed by atoms with E-state index in [4.69, 9.17) is 11.6 Å². The van der Waals surface area contributed by atoms with Crippen LogP contribution in [-0.2, 0) is 11.8 Å². The monoisotopic (exact) mass is 386 g/mol.